The summed E-state index contributed by atoms with van der Waals surface area (Å²) in [5, 5.41) is 8.13. The van der Waals surface area contributed by atoms with Gasteiger partial charge in [-0.05, 0) is 26.8 Å². The molecular weight excluding hydrogens is 382 g/mol. The van der Waals surface area contributed by atoms with Crippen molar-refractivity contribution in [2.24, 2.45) is 0 Å². The van der Waals surface area contributed by atoms with E-state index in [0.717, 1.165) is 11.5 Å². The third kappa shape index (κ3) is 3.27. The van der Waals surface area contributed by atoms with Crippen LogP contribution in [-0.2, 0) is 10.0 Å². The van der Waals surface area contributed by atoms with Crippen LogP contribution in [0, 0.1) is 20.8 Å². The number of aromatic nitrogens is 5. The fourth-order valence-corrected chi connectivity index (χ4v) is 5.02. The largest absolute Gasteiger partial charge is 0.360 e. The topological polar surface area (TPSA) is 110 Å². The summed E-state index contributed by atoms with van der Waals surface area (Å²) in [7, 11) is -3.63. The van der Waals surface area contributed by atoms with Crippen molar-refractivity contribution in [3.63, 3.8) is 0 Å². The van der Waals surface area contributed by atoms with E-state index in [4.69, 9.17) is 4.52 Å². The molecule has 1 fully saturated rings. The van der Waals surface area contributed by atoms with Gasteiger partial charge in [-0.15, -0.1) is 0 Å². The normalized spacial score (nSPS) is 15.9. The summed E-state index contributed by atoms with van der Waals surface area (Å²) < 4.78 is 34.1. The zero-order valence-corrected chi connectivity index (χ0v) is 16.7. The van der Waals surface area contributed by atoms with E-state index in [0.29, 0.717) is 43.5 Å². The number of aryl methyl sites for hydroxylation is 3. The van der Waals surface area contributed by atoms with Crippen LogP contribution in [0.5, 0.6) is 0 Å². The molecule has 4 heterocycles. The van der Waals surface area contributed by atoms with Gasteiger partial charge in [0.1, 0.15) is 22.7 Å². The highest BCUT2D eigenvalue weighted by Gasteiger charge is 2.33. The standard InChI is InChI=1S/C17H21N7O3S/c1-12-4-5-24(20-12)16-10-15(18-11-19-16)22-6-8-23(9-7-22)28(25,26)17-13(2)21-27-14(17)3/h4-5,10-11H,6-9H2,1-3H3. The SMILES string of the molecule is Cc1ccn(-c2cc(N3CCN(S(=O)(=O)c4c(C)noc4C)CC3)ncn2)n1. The Labute approximate surface area is 162 Å². The van der Waals surface area contributed by atoms with E-state index < -0.39 is 10.0 Å². The molecule has 0 bridgehead atoms. The highest BCUT2D eigenvalue weighted by molar-refractivity contribution is 7.89. The van der Waals surface area contributed by atoms with Crippen LogP contribution in [0.4, 0.5) is 5.82 Å². The van der Waals surface area contributed by atoms with Gasteiger partial charge in [0.05, 0.1) is 5.69 Å². The lowest BCUT2D eigenvalue weighted by Crippen LogP contribution is -2.49. The minimum Gasteiger partial charge on any atom is -0.360 e. The summed E-state index contributed by atoms with van der Waals surface area (Å²) in [6, 6.07) is 3.75. The second-order valence-corrected chi connectivity index (χ2v) is 8.56. The van der Waals surface area contributed by atoms with Crippen molar-refractivity contribution >= 4 is 15.8 Å². The van der Waals surface area contributed by atoms with Crippen molar-refractivity contribution in [2.75, 3.05) is 31.1 Å². The van der Waals surface area contributed by atoms with E-state index in [1.54, 1.807) is 18.5 Å². The van der Waals surface area contributed by atoms with Crippen LogP contribution >= 0.6 is 0 Å². The van der Waals surface area contributed by atoms with Crippen molar-refractivity contribution in [2.45, 2.75) is 25.7 Å². The summed E-state index contributed by atoms with van der Waals surface area (Å²) in [5.41, 5.74) is 1.29. The molecule has 0 amide bonds. The molecule has 0 spiro atoms. The first-order valence-corrected chi connectivity index (χ1v) is 10.3. The number of sulfonamides is 1. The van der Waals surface area contributed by atoms with Crippen LogP contribution in [0.1, 0.15) is 17.1 Å². The molecule has 0 aromatic carbocycles. The van der Waals surface area contributed by atoms with E-state index in [-0.39, 0.29) is 4.90 Å². The Bertz CT molecular complexity index is 1080. The third-order valence-corrected chi connectivity index (χ3v) is 6.87. The molecule has 0 atom stereocenters. The van der Waals surface area contributed by atoms with E-state index >= 15 is 0 Å². The number of anilines is 1. The summed E-state index contributed by atoms with van der Waals surface area (Å²) in [5.74, 6) is 1.73. The molecule has 1 aliphatic heterocycles. The molecule has 0 saturated carbocycles. The summed E-state index contributed by atoms with van der Waals surface area (Å²) in [6.45, 7) is 6.92. The molecule has 0 radical (unpaired) electrons. The minimum absolute atomic E-state index is 0.166. The van der Waals surface area contributed by atoms with Crippen molar-refractivity contribution in [3.8, 4) is 5.82 Å². The second-order valence-electron chi connectivity index (χ2n) is 6.68. The predicted molar refractivity (Wildman–Crippen MR) is 101 cm³/mol. The Morgan fingerprint density at radius 3 is 2.36 bits per heavy atom. The van der Waals surface area contributed by atoms with Crippen LogP contribution < -0.4 is 4.90 Å². The highest BCUT2D eigenvalue weighted by atomic mass is 32.2. The van der Waals surface area contributed by atoms with Gasteiger partial charge in [-0.1, -0.05) is 5.16 Å². The maximum atomic E-state index is 12.9. The average Bonchev–Trinajstić information content (AvgIpc) is 3.27. The Morgan fingerprint density at radius 1 is 1.04 bits per heavy atom. The van der Waals surface area contributed by atoms with Gasteiger partial charge in [0.2, 0.25) is 10.0 Å². The average molecular weight is 403 g/mol. The molecule has 28 heavy (non-hydrogen) atoms. The van der Waals surface area contributed by atoms with Gasteiger partial charge in [0.15, 0.2) is 11.6 Å². The van der Waals surface area contributed by atoms with E-state index in [9.17, 15) is 8.42 Å². The van der Waals surface area contributed by atoms with Gasteiger partial charge >= 0.3 is 0 Å². The lowest BCUT2D eigenvalue weighted by Gasteiger charge is -2.34. The van der Waals surface area contributed by atoms with Gasteiger partial charge in [-0.25, -0.2) is 23.1 Å². The first kappa shape index (κ1) is 18.6. The van der Waals surface area contributed by atoms with Gasteiger partial charge in [0.25, 0.3) is 0 Å². The Balaban J connectivity index is 1.50. The smallest absolute Gasteiger partial charge is 0.248 e. The van der Waals surface area contributed by atoms with Crippen LogP contribution in [0.3, 0.4) is 0 Å². The lowest BCUT2D eigenvalue weighted by molar-refractivity contribution is 0.377. The van der Waals surface area contributed by atoms with Gasteiger partial charge in [-0.2, -0.15) is 9.40 Å². The molecule has 4 rings (SSSR count). The second kappa shape index (κ2) is 6.99. The van der Waals surface area contributed by atoms with Gasteiger partial charge in [0, 0.05) is 38.4 Å². The maximum absolute atomic E-state index is 12.9. The minimum atomic E-state index is -3.63. The summed E-state index contributed by atoms with van der Waals surface area (Å²) in [4.78, 5) is 10.8. The molecule has 11 heteroatoms. The molecule has 0 N–H and O–H groups in total. The van der Waals surface area contributed by atoms with E-state index in [1.807, 2.05) is 30.2 Å². The number of nitrogens with zero attached hydrogens (tertiary/aromatic N) is 7. The van der Waals surface area contributed by atoms with Gasteiger partial charge < -0.3 is 9.42 Å². The van der Waals surface area contributed by atoms with Crippen LogP contribution in [0.2, 0.25) is 0 Å². The zero-order chi connectivity index (χ0) is 19.9. The van der Waals surface area contributed by atoms with Crippen molar-refractivity contribution in [3.05, 3.63) is 41.8 Å². The number of piperazine rings is 1. The number of hydrogen-bond donors (Lipinski definition) is 0. The fraction of sp³-hybridized carbons (Fsp3) is 0.412. The van der Waals surface area contributed by atoms with E-state index in [1.165, 1.54) is 10.6 Å². The van der Waals surface area contributed by atoms with Crippen LogP contribution in [0.15, 0.2) is 34.1 Å². The summed E-state index contributed by atoms with van der Waals surface area (Å²) >= 11 is 0. The molecule has 0 aliphatic carbocycles. The molecular formula is C17H21N7O3S. The fourth-order valence-electron chi connectivity index (χ4n) is 3.31. The molecule has 3 aromatic rings. The van der Waals surface area contributed by atoms with Gasteiger partial charge in [-0.3, -0.25) is 0 Å². The van der Waals surface area contributed by atoms with Crippen LogP contribution in [0.25, 0.3) is 5.82 Å². The molecule has 0 unspecified atom stereocenters. The quantitative estimate of drug-likeness (QED) is 0.637. The number of hydrogen-bond acceptors (Lipinski definition) is 8. The first-order valence-electron chi connectivity index (χ1n) is 8.89. The van der Waals surface area contributed by atoms with Crippen molar-refractivity contribution in [1.29, 1.82) is 0 Å². The predicted octanol–water partition coefficient (Wildman–Crippen LogP) is 1.09. The Kier molecular flexibility index (Phi) is 4.63. The van der Waals surface area contributed by atoms with E-state index in [2.05, 4.69) is 20.2 Å². The lowest BCUT2D eigenvalue weighted by atomic mass is 10.3. The highest BCUT2D eigenvalue weighted by Crippen LogP contribution is 2.25. The van der Waals surface area contributed by atoms with Crippen LogP contribution in [-0.4, -0.2) is 63.8 Å². The number of rotatable bonds is 4. The first-order chi connectivity index (χ1) is 13.4. The molecule has 1 aliphatic rings. The molecule has 3 aromatic heterocycles. The Hall–Kier alpha value is -2.79. The molecule has 1 saturated heterocycles. The Morgan fingerprint density at radius 2 is 1.75 bits per heavy atom. The third-order valence-electron chi connectivity index (χ3n) is 4.72. The van der Waals surface area contributed by atoms with Crippen molar-refractivity contribution in [1.82, 2.24) is 29.2 Å². The molecule has 148 valence electrons. The monoisotopic (exact) mass is 403 g/mol. The zero-order valence-electron chi connectivity index (χ0n) is 15.9. The maximum Gasteiger partial charge on any atom is 0.248 e. The molecule has 10 nitrogen and oxygen atoms in total. The van der Waals surface area contributed by atoms with Crippen molar-refractivity contribution < 1.29 is 12.9 Å². The summed E-state index contributed by atoms with van der Waals surface area (Å²) in [6.07, 6.45) is 3.34.